The summed E-state index contributed by atoms with van der Waals surface area (Å²) in [5.74, 6) is 0. The molecule has 0 fully saturated rings. The number of aliphatic hydroxyl groups excluding tert-OH is 1. The minimum atomic E-state index is -0.812. The molecule has 118 valence electrons. The third-order valence-corrected chi connectivity index (χ3v) is 4.53. The van der Waals surface area contributed by atoms with Gasteiger partial charge in [0.05, 0.1) is 5.60 Å². The molecule has 0 saturated heterocycles. The minimum Gasteiger partial charge on any atom is -0.396 e. The Morgan fingerprint density at radius 1 is 0.864 bits per heavy atom. The summed E-state index contributed by atoms with van der Waals surface area (Å²) in [6.45, 7) is 2.09. The fraction of sp³-hybridized carbons (Fsp3) is 0.368. The van der Waals surface area contributed by atoms with Crippen LogP contribution in [0.1, 0.15) is 38.2 Å². The first kappa shape index (κ1) is 17.2. The van der Waals surface area contributed by atoms with E-state index in [4.69, 9.17) is 5.11 Å². The van der Waals surface area contributed by atoms with Crippen molar-refractivity contribution >= 4 is 15.9 Å². The van der Waals surface area contributed by atoms with Gasteiger partial charge in [-0.2, -0.15) is 0 Å². The Bertz CT molecular complexity index is 573. The van der Waals surface area contributed by atoms with Crippen LogP contribution in [0, 0.1) is 0 Å². The van der Waals surface area contributed by atoms with Crippen molar-refractivity contribution in [3.63, 3.8) is 0 Å². The molecule has 2 aromatic carbocycles. The van der Waals surface area contributed by atoms with Gasteiger partial charge in [-0.25, -0.2) is 0 Å². The van der Waals surface area contributed by atoms with Crippen LogP contribution < -0.4 is 0 Å². The highest BCUT2D eigenvalue weighted by Gasteiger charge is 2.22. The van der Waals surface area contributed by atoms with E-state index >= 15 is 0 Å². The first-order chi connectivity index (χ1) is 10.5. The van der Waals surface area contributed by atoms with Crippen LogP contribution in [0.25, 0.3) is 11.1 Å². The summed E-state index contributed by atoms with van der Waals surface area (Å²) in [7, 11) is 0. The predicted octanol–water partition coefficient (Wildman–Crippen LogP) is 4.88. The van der Waals surface area contributed by atoms with Crippen molar-refractivity contribution in [3.05, 3.63) is 58.6 Å². The maximum atomic E-state index is 10.6. The number of benzene rings is 2. The van der Waals surface area contributed by atoms with Gasteiger partial charge in [-0.3, -0.25) is 0 Å². The molecule has 22 heavy (non-hydrogen) atoms. The number of halogens is 1. The first-order valence-electron chi connectivity index (χ1n) is 7.73. The van der Waals surface area contributed by atoms with E-state index in [9.17, 15) is 5.11 Å². The van der Waals surface area contributed by atoms with E-state index < -0.39 is 5.60 Å². The van der Waals surface area contributed by atoms with Crippen LogP contribution in [0.4, 0.5) is 0 Å². The highest BCUT2D eigenvalue weighted by Crippen LogP contribution is 2.29. The topological polar surface area (TPSA) is 40.5 Å². The molecule has 0 bridgehead atoms. The molecular formula is C19H23BrO2. The second-order valence-electron chi connectivity index (χ2n) is 5.89. The molecule has 2 N–H and O–H groups in total. The number of unbranched alkanes of at least 4 members (excludes halogenated alkanes) is 2. The molecule has 0 aliphatic carbocycles. The summed E-state index contributed by atoms with van der Waals surface area (Å²) in [6, 6.07) is 16.3. The van der Waals surface area contributed by atoms with Crippen LogP contribution in [0.15, 0.2) is 53.0 Å². The zero-order valence-corrected chi connectivity index (χ0v) is 14.5. The predicted molar refractivity (Wildman–Crippen MR) is 94.7 cm³/mol. The molecule has 0 aliphatic heterocycles. The number of hydrogen-bond acceptors (Lipinski definition) is 2. The molecule has 0 radical (unpaired) electrons. The number of rotatable bonds is 7. The van der Waals surface area contributed by atoms with Gasteiger partial charge < -0.3 is 10.2 Å². The van der Waals surface area contributed by atoms with Gasteiger partial charge in [0.25, 0.3) is 0 Å². The zero-order valence-electron chi connectivity index (χ0n) is 12.9. The van der Waals surface area contributed by atoms with Crippen LogP contribution in [-0.4, -0.2) is 16.8 Å². The summed E-state index contributed by atoms with van der Waals surface area (Å²) >= 11 is 3.44. The maximum absolute atomic E-state index is 10.6. The van der Waals surface area contributed by atoms with Gasteiger partial charge >= 0.3 is 0 Å². The molecule has 1 atom stereocenters. The van der Waals surface area contributed by atoms with E-state index in [1.807, 2.05) is 31.2 Å². The Morgan fingerprint density at radius 2 is 1.41 bits per heavy atom. The molecule has 0 aliphatic rings. The highest BCUT2D eigenvalue weighted by atomic mass is 79.9. The van der Waals surface area contributed by atoms with Crippen LogP contribution in [0.3, 0.4) is 0 Å². The second-order valence-corrected chi connectivity index (χ2v) is 6.81. The van der Waals surface area contributed by atoms with Crippen molar-refractivity contribution in [1.29, 1.82) is 0 Å². The van der Waals surface area contributed by atoms with E-state index in [1.165, 1.54) is 0 Å². The Labute approximate surface area is 140 Å². The molecule has 0 heterocycles. The minimum absolute atomic E-state index is 0.226. The van der Waals surface area contributed by atoms with Gasteiger partial charge in [0.15, 0.2) is 0 Å². The summed E-state index contributed by atoms with van der Waals surface area (Å²) in [6.07, 6.45) is 3.38. The van der Waals surface area contributed by atoms with Crippen molar-refractivity contribution in [3.8, 4) is 11.1 Å². The summed E-state index contributed by atoms with van der Waals surface area (Å²) < 4.78 is 1.07. The van der Waals surface area contributed by atoms with Crippen LogP contribution in [-0.2, 0) is 5.60 Å². The molecule has 1 unspecified atom stereocenters. The molecule has 0 aromatic heterocycles. The third kappa shape index (κ3) is 4.67. The van der Waals surface area contributed by atoms with Crippen LogP contribution in [0.5, 0.6) is 0 Å². The normalized spacial score (nSPS) is 13.8. The Balaban J connectivity index is 2.05. The molecule has 0 amide bonds. The quantitative estimate of drug-likeness (QED) is 0.689. The van der Waals surface area contributed by atoms with E-state index in [1.54, 1.807) is 0 Å². The zero-order chi connectivity index (χ0) is 16.0. The van der Waals surface area contributed by atoms with Crippen LogP contribution in [0.2, 0.25) is 0 Å². The molecule has 3 heteroatoms. The van der Waals surface area contributed by atoms with E-state index in [0.717, 1.165) is 40.4 Å². The summed E-state index contributed by atoms with van der Waals surface area (Å²) in [5.41, 5.74) is 2.44. The Morgan fingerprint density at radius 3 is 1.95 bits per heavy atom. The summed E-state index contributed by atoms with van der Waals surface area (Å²) in [5, 5.41) is 19.4. The van der Waals surface area contributed by atoms with Crippen molar-refractivity contribution < 1.29 is 10.2 Å². The molecule has 2 nitrogen and oxygen atoms in total. The van der Waals surface area contributed by atoms with Crippen molar-refractivity contribution in [1.82, 2.24) is 0 Å². The lowest BCUT2D eigenvalue weighted by Gasteiger charge is -2.24. The van der Waals surface area contributed by atoms with Gasteiger partial charge in [0.1, 0.15) is 0 Å². The van der Waals surface area contributed by atoms with Gasteiger partial charge in [-0.05, 0) is 48.6 Å². The lowest BCUT2D eigenvalue weighted by molar-refractivity contribution is 0.0445. The Hall–Kier alpha value is -1.16. The number of hydrogen-bond donors (Lipinski definition) is 2. The SMILES string of the molecule is CC(O)(CCCCCO)c1ccc(-c2ccc(Br)cc2)cc1. The van der Waals surface area contributed by atoms with Gasteiger partial charge in [-0.15, -0.1) is 0 Å². The smallest absolute Gasteiger partial charge is 0.0868 e. The molecule has 2 rings (SSSR count). The van der Waals surface area contributed by atoms with Crippen molar-refractivity contribution in [2.75, 3.05) is 6.61 Å². The monoisotopic (exact) mass is 362 g/mol. The highest BCUT2D eigenvalue weighted by molar-refractivity contribution is 9.10. The molecule has 0 saturated carbocycles. The van der Waals surface area contributed by atoms with Gasteiger partial charge in [-0.1, -0.05) is 65.2 Å². The van der Waals surface area contributed by atoms with Crippen molar-refractivity contribution in [2.45, 2.75) is 38.2 Å². The van der Waals surface area contributed by atoms with E-state index in [0.29, 0.717) is 6.42 Å². The number of aliphatic hydroxyl groups is 2. The third-order valence-electron chi connectivity index (χ3n) is 4.01. The average Bonchev–Trinajstić information content (AvgIpc) is 2.52. The lowest BCUT2D eigenvalue weighted by Crippen LogP contribution is -2.20. The summed E-state index contributed by atoms with van der Waals surface area (Å²) in [4.78, 5) is 0. The van der Waals surface area contributed by atoms with Crippen molar-refractivity contribution in [2.24, 2.45) is 0 Å². The molecular weight excluding hydrogens is 340 g/mol. The second kappa shape index (κ2) is 7.91. The Kier molecular flexibility index (Phi) is 6.18. The molecule has 2 aromatic rings. The fourth-order valence-electron chi connectivity index (χ4n) is 2.57. The van der Waals surface area contributed by atoms with Gasteiger partial charge in [0, 0.05) is 11.1 Å². The van der Waals surface area contributed by atoms with Gasteiger partial charge in [0.2, 0.25) is 0 Å². The van der Waals surface area contributed by atoms with E-state index in [2.05, 4.69) is 40.2 Å². The molecule has 0 spiro atoms. The standard InChI is InChI=1S/C19H23BrO2/c1-19(22,13-3-2-4-14-21)17-9-5-15(6-10-17)16-7-11-18(20)12-8-16/h5-12,21-22H,2-4,13-14H2,1H3. The first-order valence-corrected chi connectivity index (χ1v) is 8.52. The average molecular weight is 363 g/mol. The maximum Gasteiger partial charge on any atom is 0.0868 e. The van der Waals surface area contributed by atoms with E-state index in [-0.39, 0.29) is 6.61 Å². The van der Waals surface area contributed by atoms with Crippen LogP contribution >= 0.6 is 15.9 Å². The largest absolute Gasteiger partial charge is 0.396 e. The fourth-order valence-corrected chi connectivity index (χ4v) is 2.83. The lowest BCUT2D eigenvalue weighted by atomic mass is 9.89.